The number of Topliss-reactive ketones (excluding diaryl/α,β-unsaturated/α-hetero) is 1. The molecule has 0 aromatic heterocycles. The van der Waals surface area contributed by atoms with Gasteiger partial charge in [-0.25, -0.2) is 0 Å². The number of ketones is 1. The number of ether oxygens (including phenoxy) is 1. The molecule has 116 valence electrons. The molecule has 0 bridgehead atoms. The number of esters is 1. The van der Waals surface area contributed by atoms with E-state index in [9.17, 15) is 24.5 Å². The summed E-state index contributed by atoms with van der Waals surface area (Å²) < 4.78 is 4.86. The van der Waals surface area contributed by atoms with Gasteiger partial charge in [-0.05, 0) is 12.5 Å². The minimum atomic E-state index is -1.25. The predicted molar refractivity (Wildman–Crippen MR) is 73.7 cm³/mol. The molecule has 1 fully saturated rings. The van der Waals surface area contributed by atoms with Crippen molar-refractivity contribution in [1.82, 2.24) is 4.90 Å². The topological polar surface area (TPSA) is 107 Å². The quantitative estimate of drug-likeness (QED) is 0.268. The van der Waals surface area contributed by atoms with E-state index in [1.54, 1.807) is 6.92 Å². The first-order valence-electron chi connectivity index (χ1n) is 6.60. The molecule has 1 aromatic carbocycles. The van der Waals surface area contributed by atoms with E-state index in [4.69, 9.17) is 4.74 Å². The lowest BCUT2D eigenvalue weighted by atomic mass is 9.93. The van der Waals surface area contributed by atoms with Gasteiger partial charge in [0.2, 0.25) is 5.78 Å². The van der Waals surface area contributed by atoms with Gasteiger partial charge in [0.05, 0.1) is 17.6 Å². The highest BCUT2D eigenvalue weighted by atomic mass is 16.6. The average molecular weight is 306 g/mol. The highest BCUT2D eigenvalue weighted by molar-refractivity contribution is 6.42. The molecule has 0 radical (unpaired) electrons. The highest BCUT2D eigenvalue weighted by Crippen LogP contribution is 2.36. The molecule has 0 spiro atoms. The van der Waals surface area contributed by atoms with Crippen molar-refractivity contribution >= 4 is 23.3 Å². The minimum Gasteiger partial charge on any atom is -0.465 e. The van der Waals surface area contributed by atoms with Crippen molar-refractivity contribution in [3.8, 4) is 0 Å². The third kappa shape index (κ3) is 2.54. The Bertz CT molecular complexity index is 639. The number of carbonyl (C=O) groups excluding carboxylic acids is 3. The Balaban J connectivity index is 2.40. The number of amides is 1. The lowest BCUT2D eigenvalue weighted by Crippen LogP contribution is -2.28. The van der Waals surface area contributed by atoms with Crippen molar-refractivity contribution < 1.29 is 24.0 Å². The third-order valence-electron chi connectivity index (χ3n) is 3.53. The average Bonchev–Trinajstić information content (AvgIpc) is 2.72. The van der Waals surface area contributed by atoms with Gasteiger partial charge in [0.25, 0.3) is 11.6 Å². The number of hydrogen-bond acceptors (Lipinski definition) is 6. The van der Waals surface area contributed by atoms with Crippen LogP contribution in [0.25, 0.3) is 0 Å². The molecule has 1 amide bonds. The van der Waals surface area contributed by atoms with Crippen LogP contribution in [0.1, 0.15) is 18.5 Å². The molecule has 22 heavy (non-hydrogen) atoms. The molecule has 2 rings (SSSR count). The number of nitro benzene ring substituents is 1. The number of nitro groups is 1. The SMILES string of the molecule is CCOC(=O)[C@@H]1C(=O)C(=O)N(C)[C@H]1c1ccc([N+](=O)[O-])cc1. The molecule has 0 N–H and O–H groups in total. The second kappa shape index (κ2) is 5.92. The zero-order chi connectivity index (χ0) is 16.4. The lowest BCUT2D eigenvalue weighted by Gasteiger charge is -2.22. The third-order valence-corrected chi connectivity index (χ3v) is 3.53. The molecule has 0 saturated carbocycles. The van der Waals surface area contributed by atoms with Gasteiger partial charge >= 0.3 is 5.97 Å². The van der Waals surface area contributed by atoms with E-state index in [2.05, 4.69) is 0 Å². The Morgan fingerprint density at radius 3 is 2.41 bits per heavy atom. The molecule has 2 atom stereocenters. The Hall–Kier alpha value is -2.77. The summed E-state index contributed by atoms with van der Waals surface area (Å²) >= 11 is 0. The van der Waals surface area contributed by atoms with Crippen LogP contribution in [0.3, 0.4) is 0 Å². The van der Waals surface area contributed by atoms with Crippen LogP contribution < -0.4 is 0 Å². The highest BCUT2D eigenvalue weighted by Gasteiger charge is 2.51. The summed E-state index contributed by atoms with van der Waals surface area (Å²) in [7, 11) is 1.41. The lowest BCUT2D eigenvalue weighted by molar-refractivity contribution is -0.384. The number of likely N-dealkylation sites (N-methyl/N-ethyl adjacent to an activating group) is 1. The maximum Gasteiger partial charge on any atom is 0.319 e. The summed E-state index contributed by atoms with van der Waals surface area (Å²) in [5.41, 5.74) is 0.347. The Morgan fingerprint density at radius 1 is 1.32 bits per heavy atom. The van der Waals surface area contributed by atoms with E-state index in [0.29, 0.717) is 5.56 Å². The van der Waals surface area contributed by atoms with E-state index in [1.807, 2.05) is 0 Å². The Kier molecular flexibility index (Phi) is 4.20. The van der Waals surface area contributed by atoms with Crippen LogP contribution in [0, 0.1) is 16.0 Å². The second-order valence-electron chi connectivity index (χ2n) is 4.80. The monoisotopic (exact) mass is 306 g/mol. The Labute approximate surface area is 125 Å². The maximum absolute atomic E-state index is 12.0. The van der Waals surface area contributed by atoms with Gasteiger partial charge < -0.3 is 9.64 Å². The fraction of sp³-hybridized carbons (Fsp3) is 0.357. The van der Waals surface area contributed by atoms with E-state index >= 15 is 0 Å². The number of benzene rings is 1. The van der Waals surface area contributed by atoms with Gasteiger partial charge in [0.1, 0.15) is 5.92 Å². The van der Waals surface area contributed by atoms with Gasteiger partial charge in [0.15, 0.2) is 0 Å². The summed E-state index contributed by atoms with van der Waals surface area (Å²) in [6, 6.07) is 4.56. The summed E-state index contributed by atoms with van der Waals surface area (Å²) in [5.74, 6) is -3.63. The number of rotatable bonds is 4. The van der Waals surface area contributed by atoms with Crippen molar-refractivity contribution in [2.45, 2.75) is 13.0 Å². The van der Waals surface area contributed by atoms with E-state index < -0.39 is 34.5 Å². The van der Waals surface area contributed by atoms with Gasteiger partial charge in [0, 0.05) is 19.2 Å². The summed E-state index contributed by atoms with van der Waals surface area (Å²) in [6.07, 6.45) is 0. The molecule has 1 aromatic rings. The van der Waals surface area contributed by atoms with Crippen molar-refractivity contribution in [2.24, 2.45) is 5.92 Å². The van der Waals surface area contributed by atoms with Gasteiger partial charge in [-0.3, -0.25) is 24.5 Å². The van der Waals surface area contributed by atoms with Gasteiger partial charge in [-0.2, -0.15) is 0 Å². The molecular weight excluding hydrogens is 292 g/mol. The van der Waals surface area contributed by atoms with Crippen LogP contribution in [-0.2, 0) is 19.1 Å². The number of hydrogen-bond donors (Lipinski definition) is 0. The second-order valence-corrected chi connectivity index (χ2v) is 4.80. The molecule has 0 unspecified atom stereocenters. The first-order valence-corrected chi connectivity index (χ1v) is 6.60. The molecule has 8 heteroatoms. The zero-order valence-electron chi connectivity index (χ0n) is 12.0. The fourth-order valence-electron chi connectivity index (χ4n) is 2.48. The van der Waals surface area contributed by atoms with Gasteiger partial charge in [-0.1, -0.05) is 12.1 Å². The first-order chi connectivity index (χ1) is 10.4. The van der Waals surface area contributed by atoms with Crippen molar-refractivity contribution in [1.29, 1.82) is 0 Å². The summed E-state index contributed by atoms with van der Waals surface area (Å²) in [5, 5.41) is 10.7. The van der Waals surface area contributed by atoms with Crippen molar-refractivity contribution in [3.05, 3.63) is 39.9 Å². The Morgan fingerprint density at radius 2 is 1.91 bits per heavy atom. The molecule has 1 aliphatic rings. The molecule has 1 heterocycles. The van der Waals surface area contributed by atoms with Crippen molar-refractivity contribution in [2.75, 3.05) is 13.7 Å². The number of non-ortho nitro benzene ring substituents is 1. The van der Waals surface area contributed by atoms with Crippen molar-refractivity contribution in [3.63, 3.8) is 0 Å². The van der Waals surface area contributed by atoms with E-state index in [1.165, 1.54) is 31.3 Å². The number of likely N-dealkylation sites (tertiary alicyclic amines) is 1. The molecule has 1 aliphatic heterocycles. The first kappa shape index (κ1) is 15.6. The largest absolute Gasteiger partial charge is 0.465 e. The normalized spacial score (nSPS) is 21.1. The van der Waals surface area contributed by atoms with E-state index in [0.717, 1.165) is 4.90 Å². The molecule has 8 nitrogen and oxygen atoms in total. The summed E-state index contributed by atoms with van der Waals surface area (Å²) in [4.78, 5) is 47.1. The van der Waals surface area contributed by atoms with Crippen LogP contribution >= 0.6 is 0 Å². The number of nitrogens with zero attached hydrogens (tertiary/aromatic N) is 2. The standard InChI is InChI=1S/C14H14N2O6/c1-3-22-14(19)10-11(15(2)13(18)12(10)17)8-4-6-9(7-5-8)16(20)21/h4-7,10-11H,3H2,1-2H3/t10-,11-/m0/s1. The van der Waals surface area contributed by atoms with Crippen LogP contribution in [0.2, 0.25) is 0 Å². The number of carbonyl (C=O) groups is 3. The minimum absolute atomic E-state index is 0.0908. The van der Waals surface area contributed by atoms with Crippen LogP contribution in [0.5, 0.6) is 0 Å². The smallest absolute Gasteiger partial charge is 0.319 e. The zero-order valence-corrected chi connectivity index (χ0v) is 12.0. The summed E-state index contributed by atoms with van der Waals surface area (Å²) in [6.45, 7) is 1.69. The molecular formula is C14H14N2O6. The van der Waals surface area contributed by atoms with Crippen LogP contribution in [0.15, 0.2) is 24.3 Å². The van der Waals surface area contributed by atoms with Crippen LogP contribution in [-0.4, -0.2) is 41.1 Å². The predicted octanol–water partition coefficient (Wildman–Crippen LogP) is 0.856. The molecule has 0 aliphatic carbocycles. The van der Waals surface area contributed by atoms with Crippen LogP contribution in [0.4, 0.5) is 5.69 Å². The fourth-order valence-corrected chi connectivity index (χ4v) is 2.48. The maximum atomic E-state index is 12.0. The van der Waals surface area contributed by atoms with Gasteiger partial charge in [-0.15, -0.1) is 0 Å². The molecule has 1 saturated heterocycles. The van der Waals surface area contributed by atoms with E-state index in [-0.39, 0.29) is 12.3 Å².